The van der Waals surface area contributed by atoms with Gasteiger partial charge in [-0.2, -0.15) is 0 Å². The van der Waals surface area contributed by atoms with E-state index in [2.05, 4.69) is 21.3 Å². The third kappa shape index (κ3) is 15.1. The first kappa shape index (κ1) is 39.7. The second-order valence-electron chi connectivity index (χ2n) is 13.4. The minimum absolute atomic E-state index is 0.0186. The average molecular weight is 651 g/mol. The van der Waals surface area contributed by atoms with Crippen LogP contribution in [0.15, 0.2) is 24.3 Å². The lowest BCUT2D eigenvalue weighted by Crippen LogP contribution is -2.58. The van der Waals surface area contributed by atoms with E-state index in [0.29, 0.717) is 5.56 Å². The minimum atomic E-state index is -1.17. The van der Waals surface area contributed by atoms with Gasteiger partial charge in [0.25, 0.3) is 0 Å². The summed E-state index contributed by atoms with van der Waals surface area (Å²) in [6, 6.07) is 2.97. The zero-order valence-electron chi connectivity index (χ0n) is 28.7. The van der Waals surface area contributed by atoms with Crippen LogP contribution in [0, 0.1) is 11.8 Å². The summed E-state index contributed by atoms with van der Waals surface area (Å²) >= 11 is 0. The third-order valence-corrected chi connectivity index (χ3v) is 6.04. The number of carbonyl (C=O) groups is 6. The van der Waals surface area contributed by atoms with Crippen LogP contribution < -0.4 is 26.0 Å². The van der Waals surface area contributed by atoms with E-state index in [0.717, 1.165) is 0 Å². The summed E-state index contributed by atoms with van der Waals surface area (Å²) in [7, 11) is 1.21. The summed E-state index contributed by atoms with van der Waals surface area (Å²) in [4.78, 5) is 75.7. The van der Waals surface area contributed by atoms with Gasteiger partial charge in [0.1, 0.15) is 41.6 Å². The number of alkyl carbamates (subject to hydrolysis) is 2. The molecule has 0 unspecified atom stereocenters. The zero-order chi connectivity index (χ0) is 35.4. The monoisotopic (exact) mass is 650 g/mol. The average Bonchev–Trinajstić information content (AvgIpc) is 2.91. The van der Waals surface area contributed by atoms with Crippen LogP contribution in [0.4, 0.5) is 9.59 Å². The molecule has 3 atom stereocenters. The molecule has 0 radical (unpaired) electrons. The van der Waals surface area contributed by atoms with Gasteiger partial charge in [0.05, 0.1) is 7.11 Å². The molecule has 14 heteroatoms. The standard InChI is InChI=1S/C32H50N4O10/c1-18(2)24(36-30(42)46-32(8,9)10)27(39)34-22(26(38)35-25(19(3)4)28(40)43-11)16-20-12-14-21(15-13-20)44-23(37)17-33-29(41)45-31(5,6)7/h12-15,18-19,22,24-25H,16-17H2,1-11H3,(H,33,41)(H,34,39)(H,35,38)(H,36,42)/t22-,24-,25+/m0/s1. The fourth-order valence-corrected chi connectivity index (χ4v) is 3.87. The molecule has 0 saturated carbocycles. The van der Waals surface area contributed by atoms with Crippen molar-refractivity contribution in [2.75, 3.05) is 13.7 Å². The number of rotatable bonds is 13. The van der Waals surface area contributed by atoms with Gasteiger partial charge < -0.3 is 40.2 Å². The van der Waals surface area contributed by atoms with Crippen molar-refractivity contribution in [2.45, 2.75) is 105 Å². The van der Waals surface area contributed by atoms with Gasteiger partial charge in [-0.1, -0.05) is 39.8 Å². The molecule has 0 aromatic heterocycles. The molecule has 1 aromatic rings. The highest BCUT2D eigenvalue weighted by Gasteiger charge is 2.33. The van der Waals surface area contributed by atoms with Crippen molar-refractivity contribution < 1.29 is 47.7 Å². The van der Waals surface area contributed by atoms with Crippen LogP contribution in [0.1, 0.15) is 74.8 Å². The van der Waals surface area contributed by atoms with Gasteiger partial charge in [-0.15, -0.1) is 0 Å². The topological polar surface area (TPSA) is 187 Å². The quantitative estimate of drug-likeness (QED) is 0.140. The Morgan fingerprint density at radius 1 is 0.696 bits per heavy atom. The van der Waals surface area contributed by atoms with Gasteiger partial charge >= 0.3 is 24.1 Å². The molecular formula is C32H50N4O10. The maximum atomic E-state index is 13.5. The molecule has 1 aromatic carbocycles. The number of esters is 2. The summed E-state index contributed by atoms with van der Waals surface area (Å²) < 4.78 is 20.5. The number of amides is 4. The number of methoxy groups -OCH3 is 1. The fourth-order valence-electron chi connectivity index (χ4n) is 3.87. The molecule has 258 valence electrons. The number of hydrogen-bond donors (Lipinski definition) is 4. The minimum Gasteiger partial charge on any atom is -0.467 e. The number of carbonyl (C=O) groups excluding carboxylic acids is 6. The maximum Gasteiger partial charge on any atom is 0.408 e. The Labute approximate surface area is 271 Å². The lowest BCUT2D eigenvalue weighted by molar-refractivity contribution is -0.146. The summed E-state index contributed by atoms with van der Waals surface area (Å²) in [6.45, 7) is 16.7. The second kappa shape index (κ2) is 17.4. The normalized spacial score (nSPS) is 13.5. The number of ether oxygens (including phenoxy) is 4. The van der Waals surface area contributed by atoms with Crippen molar-refractivity contribution in [2.24, 2.45) is 11.8 Å². The van der Waals surface area contributed by atoms with E-state index < -0.39 is 71.8 Å². The molecule has 0 bridgehead atoms. The largest absolute Gasteiger partial charge is 0.467 e. The van der Waals surface area contributed by atoms with Crippen LogP contribution in [0.5, 0.6) is 5.75 Å². The highest BCUT2D eigenvalue weighted by Crippen LogP contribution is 2.16. The van der Waals surface area contributed by atoms with Crippen LogP contribution in [0.2, 0.25) is 0 Å². The molecule has 1 rings (SSSR count). The molecule has 0 aliphatic rings. The van der Waals surface area contributed by atoms with Crippen LogP contribution in [0.25, 0.3) is 0 Å². The Morgan fingerprint density at radius 2 is 1.22 bits per heavy atom. The Bertz CT molecular complexity index is 1220. The first-order chi connectivity index (χ1) is 21.1. The smallest absolute Gasteiger partial charge is 0.408 e. The lowest BCUT2D eigenvalue weighted by atomic mass is 9.99. The predicted octanol–water partition coefficient (Wildman–Crippen LogP) is 3.01. The van der Waals surface area contributed by atoms with Crippen molar-refractivity contribution in [3.05, 3.63) is 29.8 Å². The van der Waals surface area contributed by atoms with Gasteiger partial charge in [-0.3, -0.25) is 9.59 Å². The van der Waals surface area contributed by atoms with E-state index in [4.69, 9.17) is 18.9 Å². The van der Waals surface area contributed by atoms with Gasteiger partial charge in [0, 0.05) is 6.42 Å². The first-order valence-electron chi connectivity index (χ1n) is 15.1. The molecule has 4 N–H and O–H groups in total. The molecule has 0 aliphatic heterocycles. The Balaban J connectivity index is 3.13. The number of benzene rings is 1. The Hall–Kier alpha value is -4.36. The Morgan fingerprint density at radius 3 is 1.70 bits per heavy atom. The molecule has 0 spiro atoms. The van der Waals surface area contributed by atoms with Crippen molar-refractivity contribution in [3.63, 3.8) is 0 Å². The first-order valence-corrected chi connectivity index (χ1v) is 15.1. The lowest BCUT2D eigenvalue weighted by Gasteiger charge is -2.28. The third-order valence-electron chi connectivity index (χ3n) is 6.04. The van der Waals surface area contributed by atoms with E-state index in [1.807, 2.05) is 0 Å². The summed E-state index contributed by atoms with van der Waals surface area (Å²) in [5.74, 6) is -3.17. The van der Waals surface area contributed by atoms with Crippen LogP contribution in [-0.4, -0.2) is 78.9 Å². The summed E-state index contributed by atoms with van der Waals surface area (Å²) in [6.07, 6.45) is -1.58. The van der Waals surface area contributed by atoms with Gasteiger partial charge in [0.2, 0.25) is 11.8 Å². The zero-order valence-corrected chi connectivity index (χ0v) is 28.7. The van der Waals surface area contributed by atoms with E-state index >= 15 is 0 Å². The van der Waals surface area contributed by atoms with E-state index in [-0.39, 0.29) is 24.0 Å². The van der Waals surface area contributed by atoms with Crippen molar-refractivity contribution in [1.82, 2.24) is 21.3 Å². The number of nitrogens with one attached hydrogen (secondary N) is 4. The van der Waals surface area contributed by atoms with Crippen molar-refractivity contribution in [1.29, 1.82) is 0 Å². The number of hydrogen-bond acceptors (Lipinski definition) is 10. The molecule has 0 fully saturated rings. The van der Waals surface area contributed by atoms with E-state index in [1.54, 1.807) is 81.4 Å². The highest BCUT2D eigenvalue weighted by atomic mass is 16.6. The van der Waals surface area contributed by atoms with Crippen LogP contribution in [0.3, 0.4) is 0 Å². The van der Waals surface area contributed by atoms with Gasteiger partial charge in [0.15, 0.2) is 0 Å². The highest BCUT2D eigenvalue weighted by molar-refractivity contribution is 5.93. The van der Waals surface area contributed by atoms with Gasteiger partial charge in [-0.05, 0) is 71.1 Å². The molecule has 0 aliphatic carbocycles. The molecule has 0 saturated heterocycles. The molecule has 0 heterocycles. The van der Waals surface area contributed by atoms with Crippen LogP contribution in [-0.2, 0) is 39.8 Å². The molecule has 14 nitrogen and oxygen atoms in total. The predicted molar refractivity (Wildman–Crippen MR) is 169 cm³/mol. The van der Waals surface area contributed by atoms with E-state index in [1.165, 1.54) is 19.2 Å². The maximum absolute atomic E-state index is 13.5. The van der Waals surface area contributed by atoms with Crippen molar-refractivity contribution in [3.8, 4) is 5.75 Å². The Kier molecular flexibility index (Phi) is 15.0. The molecule has 4 amide bonds. The summed E-state index contributed by atoms with van der Waals surface area (Å²) in [5.41, 5.74) is -0.941. The second-order valence-corrected chi connectivity index (χ2v) is 13.4. The van der Waals surface area contributed by atoms with Crippen LogP contribution >= 0.6 is 0 Å². The summed E-state index contributed by atoms with van der Waals surface area (Å²) in [5, 5.41) is 10.2. The van der Waals surface area contributed by atoms with E-state index in [9.17, 15) is 28.8 Å². The molecule has 46 heavy (non-hydrogen) atoms. The SMILES string of the molecule is COC(=O)[C@H](NC(=O)[C@H](Cc1ccc(OC(=O)CNC(=O)OC(C)(C)C)cc1)NC(=O)[C@@H](NC(=O)OC(C)(C)C)C(C)C)C(C)C. The molecular weight excluding hydrogens is 600 g/mol. The fraction of sp³-hybridized carbons (Fsp3) is 0.625. The van der Waals surface area contributed by atoms with Gasteiger partial charge in [-0.25, -0.2) is 19.2 Å². The van der Waals surface area contributed by atoms with Crippen molar-refractivity contribution >= 4 is 35.9 Å².